The number of aromatic nitrogens is 4. The largest absolute Gasteiger partial charge is 0.497 e. The van der Waals surface area contributed by atoms with Gasteiger partial charge in [-0.3, -0.25) is 37.7 Å². The molecule has 0 amide bonds. The van der Waals surface area contributed by atoms with E-state index >= 15 is 4.57 Å². The maximum atomic E-state index is 15.4. The van der Waals surface area contributed by atoms with E-state index in [4.69, 9.17) is 32.7 Å². The Labute approximate surface area is 386 Å². The number of guanidine groups is 1. The van der Waals surface area contributed by atoms with Crippen LogP contribution < -0.4 is 32.0 Å². The van der Waals surface area contributed by atoms with Gasteiger partial charge in [-0.1, -0.05) is 61.5 Å². The zero-order chi connectivity index (χ0) is 47.6. The van der Waals surface area contributed by atoms with E-state index in [0.29, 0.717) is 42.5 Å². The van der Waals surface area contributed by atoms with Gasteiger partial charge in [0.1, 0.15) is 35.7 Å². The summed E-state index contributed by atoms with van der Waals surface area (Å²) in [7, 11) is 2.29. The molecule has 0 radical (unpaired) electrons. The molecule has 19 nitrogen and oxygen atoms in total. The summed E-state index contributed by atoms with van der Waals surface area (Å²) in [6, 6.07) is 24.7. The summed E-state index contributed by atoms with van der Waals surface area (Å²) in [5, 5.41) is 0. The normalized spacial score (nSPS) is 22.8. The van der Waals surface area contributed by atoms with Gasteiger partial charge < -0.3 is 33.5 Å². The third-order valence-corrected chi connectivity index (χ3v) is 13.9. The van der Waals surface area contributed by atoms with Crippen LogP contribution in [0.3, 0.4) is 0 Å². The van der Waals surface area contributed by atoms with E-state index in [-0.39, 0.29) is 18.4 Å². The SMILES string of the molecule is CC[C@H]1O[C@@H](n2cc(C)c(=O)[nH]c2=O)CC1O[P@@](=O)(N=C1N(C)CCN1C)OC[C@H]1O[C@@H](n2cc(C)c(=O)[nH]c2=O)CC1OC(c1ccccc1)(c1ccc(OC)cc1)c1ccc(OC)cc1. The van der Waals surface area contributed by atoms with Gasteiger partial charge in [-0.15, -0.1) is 4.76 Å². The summed E-state index contributed by atoms with van der Waals surface area (Å²) in [6.07, 6.45) is -1.83. The Morgan fingerprint density at radius 1 is 0.701 bits per heavy atom. The summed E-state index contributed by atoms with van der Waals surface area (Å²) in [6.45, 7) is 5.85. The van der Waals surface area contributed by atoms with Crippen molar-refractivity contribution in [3.8, 4) is 11.5 Å². The Hall–Kier alpha value is -6.08. The lowest BCUT2D eigenvalue weighted by atomic mass is 9.79. The molecule has 67 heavy (non-hydrogen) atoms. The van der Waals surface area contributed by atoms with Gasteiger partial charge in [0.15, 0.2) is 0 Å². The number of H-pyrrole nitrogens is 2. The fraction of sp³-hybridized carbons (Fsp3) is 0.426. The first kappa shape index (κ1) is 47.4. The number of aryl methyl sites for hydroxylation is 2. The van der Waals surface area contributed by atoms with E-state index in [1.54, 1.807) is 28.1 Å². The fourth-order valence-corrected chi connectivity index (χ4v) is 10.4. The number of nitrogens with one attached hydrogen (secondary N) is 2. The van der Waals surface area contributed by atoms with Crippen LogP contribution in [0.25, 0.3) is 0 Å². The zero-order valence-corrected chi connectivity index (χ0v) is 39.3. The number of benzene rings is 3. The minimum Gasteiger partial charge on any atom is -0.497 e. The Bertz CT molecular complexity index is 2810. The molecule has 3 fully saturated rings. The van der Waals surface area contributed by atoms with Crippen molar-refractivity contribution in [1.82, 2.24) is 28.9 Å². The summed E-state index contributed by atoms with van der Waals surface area (Å²) >= 11 is 0. The predicted octanol–water partition coefficient (Wildman–Crippen LogP) is 4.83. The van der Waals surface area contributed by atoms with E-state index in [1.165, 1.54) is 21.5 Å². The average molecular weight is 942 g/mol. The molecule has 0 aliphatic carbocycles. The van der Waals surface area contributed by atoms with Crippen molar-refractivity contribution in [3.05, 3.63) is 161 Å². The molecule has 3 aliphatic heterocycles. The molecule has 5 heterocycles. The molecule has 2 aromatic heterocycles. The molecule has 2 N–H and O–H groups in total. The van der Waals surface area contributed by atoms with Gasteiger partial charge >= 0.3 is 19.1 Å². The van der Waals surface area contributed by atoms with Crippen LogP contribution in [-0.4, -0.2) is 107 Å². The lowest BCUT2D eigenvalue weighted by Gasteiger charge is -2.39. The van der Waals surface area contributed by atoms with Crippen LogP contribution in [0.1, 0.15) is 66.5 Å². The first-order valence-electron chi connectivity index (χ1n) is 22.1. The third-order valence-electron chi connectivity index (χ3n) is 12.5. The van der Waals surface area contributed by atoms with Crippen molar-refractivity contribution < 1.29 is 37.3 Å². The summed E-state index contributed by atoms with van der Waals surface area (Å²) in [5.74, 6) is 1.63. The average Bonchev–Trinajstić information content (AvgIpc) is 4.02. The van der Waals surface area contributed by atoms with Crippen molar-refractivity contribution in [2.24, 2.45) is 4.76 Å². The third kappa shape index (κ3) is 9.70. The molecule has 5 aromatic rings. The lowest BCUT2D eigenvalue weighted by molar-refractivity contribution is -0.0981. The molecular formula is C47H56N7O12P. The highest BCUT2D eigenvalue weighted by atomic mass is 31.2. The highest BCUT2D eigenvalue weighted by molar-refractivity contribution is 7.52. The van der Waals surface area contributed by atoms with Crippen molar-refractivity contribution in [2.75, 3.05) is 48.0 Å². The highest BCUT2D eigenvalue weighted by Gasteiger charge is 2.49. The van der Waals surface area contributed by atoms with Crippen molar-refractivity contribution in [3.63, 3.8) is 0 Å². The van der Waals surface area contributed by atoms with Crippen molar-refractivity contribution in [1.29, 1.82) is 0 Å². The fourth-order valence-electron chi connectivity index (χ4n) is 8.82. The summed E-state index contributed by atoms with van der Waals surface area (Å²) < 4.78 is 67.3. The molecule has 7 atom stereocenters. The number of rotatable bonds is 16. The van der Waals surface area contributed by atoms with Crippen LogP contribution >= 0.6 is 7.75 Å². The van der Waals surface area contributed by atoms with Crippen LogP contribution in [0.4, 0.5) is 0 Å². The molecule has 0 spiro atoms. The number of hydrogen-bond acceptors (Lipinski definition) is 12. The summed E-state index contributed by atoms with van der Waals surface area (Å²) in [4.78, 5) is 59.6. The van der Waals surface area contributed by atoms with Crippen molar-refractivity contribution in [2.45, 2.75) is 82.5 Å². The molecule has 20 heteroatoms. The summed E-state index contributed by atoms with van der Waals surface area (Å²) in [5.41, 5.74) is -0.898. The highest BCUT2D eigenvalue weighted by Crippen LogP contribution is 2.55. The first-order valence-corrected chi connectivity index (χ1v) is 23.6. The topological polar surface area (TPSA) is 210 Å². The van der Waals surface area contributed by atoms with Gasteiger partial charge in [0.05, 0.1) is 39.1 Å². The molecule has 0 bridgehead atoms. The van der Waals surface area contributed by atoms with Gasteiger partial charge in [0.2, 0.25) is 5.96 Å². The molecule has 2 unspecified atom stereocenters. The van der Waals surface area contributed by atoms with E-state index in [9.17, 15) is 19.2 Å². The Balaban J connectivity index is 1.21. The second kappa shape index (κ2) is 19.6. The second-order valence-electron chi connectivity index (χ2n) is 16.9. The van der Waals surface area contributed by atoms with Crippen LogP contribution in [-0.2, 0) is 33.4 Å². The number of ether oxygens (including phenoxy) is 5. The smallest absolute Gasteiger partial charge is 0.457 e. The molecular weight excluding hydrogens is 886 g/mol. The van der Waals surface area contributed by atoms with Crippen LogP contribution in [0.2, 0.25) is 0 Å². The van der Waals surface area contributed by atoms with Crippen molar-refractivity contribution >= 4 is 13.7 Å². The van der Waals surface area contributed by atoms with Gasteiger partial charge in [0.25, 0.3) is 11.1 Å². The minimum absolute atomic E-state index is 0.0782. The van der Waals surface area contributed by atoms with Gasteiger partial charge in [-0.05, 0) is 61.2 Å². The quantitative estimate of drug-likeness (QED) is 0.100. The monoisotopic (exact) mass is 941 g/mol. The number of nitrogens with zero attached hydrogens (tertiary/aromatic N) is 5. The molecule has 356 valence electrons. The number of likely N-dealkylation sites (N-methyl/N-ethyl adjacent to an activating group) is 2. The van der Waals surface area contributed by atoms with Crippen LogP contribution in [0.15, 0.2) is 115 Å². The van der Waals surface area contributed by atoms with Crippen LogP contribution in [0.5, 0.6) is 11.5 Å². The van der Waals surface area contributed by atoms with E-state index < -0.39 is 79.3 Å². The van der Waals surface area contributed by atoms with E-state index in [0.717, 1.165) is 16.7 Å². The number of methoxy groups -OCH3 is 2. The van der Waals surface area contributed by atoms with E-state index in [1.807, 2.05) is 110 Å². The zero-order valence-electron chi connectivity index (χ0n) is 38.4. The molecule has 0 saturated carbocycles. The predicted molar refractivity (Wildman–Crippen MR) is 248 cm³/mol. The first-order chi connectivity index (χ1) is 32.1. The number of aromatic amines is 2. The maximum absolute atomic E-state index is 15.4. The lowest BCUT2D eigenvalue weighted by Crippen LogP contribution is -2.41. The standard InChI is InChI=1S/C47H56N7O12P/c1-8-36-38(25-41(63-36)54-27-30(3)43(56)49-46(54)58)66-67(59,50-44-51(4)22-23-52(44)5)62-28-39-37(24-40(64-39)53-26-29(2)42(55)48-45(53)57)65-47(31-12-10-9-11-13-31,32-14-18-34(60-6)19-15-32)33-16-20-35(61-7)21-17-33/h9-21,26-27,36-41H,8,22-25,28H2,1-7H3,(H,48,55,57)(H,49,56,58)/t36-,37?,38?,39-,40-,41-,67-/m1/s1. The maximum Gasteiger partial charge on any atom is 0.457 e. The van der Waals surface area contributed by atoms with E-state index in [2.05, 4.69) is 14.7 Å². The molecule has 3 saturated heterocycles. The van der Waals surface area contributed by atoms with Gasteiger partial charge in [-0.25, -0.2) is 14.2 Å². The van der Waals surface area contributed by atoms with Gasteiger partial charge in [-0.2, -0.15) is 0 Å². The molecule has 8 rings (SSSR count). The molecule has 3 aliphatic rings. The Kier molecular flexibility index (Phi) is 13.9. The van der Waals surface area contributed by atoms with Gasteiger partial charge in [0, 0.05) is 63.5 Å². The van der Waals surface area contributed by atoms with Crippen LogP contribution in [0, 0.1) is 13.8 Å². The number of hydrogen-bond donors (Lipinski definition) is 2. The Morgan fingerprint density at radius 2 is 1.18 bits per heavy atom. The Morgan fingerprint density at radius 3 is 1.67 bits per heavy atom. The molecule has 3 aromatic carbocycles. The second-order valence-corrected chi connectivity index (χ2v) is 18.5. The minimum atomic E-state index is -4.53.